The van der Waals surface area contributed by atoms with Crippen LogP contribution in [0.2, 0.25) is 0 Å². The normalized spacial score (nSPS) is 10.2. The quantitative estimate of drug-likeness (QED) is 0.0726. The average molecular weight is 706 g/mol. The molecule has 0 spiro atoms. The maximum Gasteiger partial charge on any atom is 0.269 e. The first kappa shape index (κ1) is 27.8. The summed E-state index contributed by atoms with van der Waals surface area (Å²) in [7, 11) is -2.23. The van der Waals surface area contributed by atoms with Gasteiger partial charge < -0.3 is 0 Å². The molecule has 0 fully saturated rings. The van der Waals surface area contributed by atoms with Crippen molar-refractivity contribution in [1.82, 2.24) is 0 Å². The van der Waals surface area contributed by atoms with Gasteiger partial charge in [-0.25, -0.2) is 0 Å². The Balaban J connectivity index is 0.00000353. The predicted molar refractivity (Wildman–Crippen MR) is 158 cm³/mol. The van der Waals surface area contributed by atoms with Crippen LogP contribution in [0.4, 0.5) is 5.69 Å². The summed E-state index contributed by atoms with van der Waals surface area (Å²) in [5.41, 5.74) is 6.31. The number of benzene rings is 5. The summed E-state index contributed by atoms with van der Waals surface area (Å²) >= 11 is 0. The van der Waals surface area contributed by atoms with Crippen LogP contribution in [0.3, 0.4) is 0 Å². The van der Waals surface area contributed by atoms with Crippen LogP contribution in [-0.4, -0.2) is 4.92 Å². The molecule has 5 aromatic rings. The topological polar surface area (TPSA) is 43.1 Å². The van der Waals surface area contributed by atoms with Crippen LogP contribution in [0.1, 0.15) is 16.7 Å². The number of nitro benzene ring substituents is 1. The summed E-state index contributed by atoms with van der Waals surface area (Å²) in [5, 5.41) is 14.5. The second-order valence-corrected chi connectivity index (χ2v) is 11.7. The van der Waals surface area contributed by atoms with Gasteiger partial charge in [0, 0.05) is 51.2 Å². The van der Waals surface area contributed by atoms with E-state index in [2.05, 4.69) is 96.2 Å². The number of hydrogen-bond acceptors (Lipinski definition) is 2. The van der Waals surface area contributed by atoms with Gasteiger partial charge in [-0.1, -0.05) is 66.4 Å². The van der Waals surface area contributed by atoms with Crippen molar-refractivity contribution in [1.29, 1.82) is 0 Å². The molecule has 0 N–H and O–H groups in total. The van der Waals surface area contributed by atoms with Crippen molar-refractivity contribution >= 4 is 28.9 Å². The summed E-state index contributed by atoms with van der Waals surface area (Å²) in [6.45, 7) is 0. The molecule has 0 aliphatic carbocycles. The fraction of sp³-hybridized carbons (Fsp3) is 0. The van der Waals surface area contributed by atoms with Gasteiger partial charge in [-0.2, -0.15) is 0 Å². The van der Waals surface area contributed by atoms with Gasteiger partial charge in [0.05, 0.1) is 10.6 Å². The molecule has 0 aliphatic heterocycles. The summed E-state index contributed by atoms with van der Waals surface area (Å²) in [6, 6.07) is 45.8. The SMILES string of the molecule is O=[N+]([O-])c1ccc(C#Cc2ccc(C#C[P+](c3ccccc3)(c3ccccc3)c3ccccc3)cc2)cc1.[Au]. The van der Waals surface area contributed by atoms with Crippen molar-refractivity contribution in [2.24, 2.45) is 0 Å². The zero-order chi connectivity index (χ0) is 26.2. The third-order valence-electron chi connectivity index (χ3n) is 6.11. The monoisotopic (exact) mass is 705 g/mol. The largest absolute Gasteiger partial charge is 0.269 e. The molecule has 0 saturated carbocycles. The summed E-state index contributed by atoms with van der Waals surface area (Å²) in [6.07, 6.45) is 0. The predicted octanol–water partition coefficient (Wildman–Crippen LogP) is 6.30. The van der Waals surface area contributed by atoms with Crippen molar-refractivity contribution in [3.05, 3.63) is 166 Å². The molecule has 0 unspecified atom stereocenters. The Kier molecular flexibility index (Phi) is 9.30. The fourth-order valence-electron chi connectivity index (χ4n) is 4.19. The van der Waals surface area contributed by atoms with Gasteiger partial charge in [-0.15, -0.1) is 0 Å². The number of hydrogen-bond donors (Lipinski definition) is 0. The van der Waals surface area contributed by atoms with E-state index in [0.717, 1.165) is 16.7 Å². The van der Waals surface area contributed by atoms with E-state index in [1.165, 1.54) is 28.0 Å². The van der Waals surface area contributed by atoms with Crippen molar-refractivity contribution in [2.75, 3.05) is 0 Å². The fourth-order valence-corrected chi connectivity index (χ4v) is 7.63. The first-order valence-electron chi connectivity index (χ1n) is 12.1. The Morgan fingerprint density at radius 1 is 0.487 bits per heavy atom. The molecule has 1 radical (unpaired) electrons. The van der Waals surface area contributed by atoms with Gasteiger partial charge in [0.2, 0.25) is 0 Å². The molecule has 0 aliphatic rings. The molecule has 0 saturated heterocycles. The van der Waals surface area contributed by atoms with Crippen molar-refractivity contribution in [3.8, 4) is 23.4 Å². The van der Waals surface area contributed by atoms with Gasteiger partial charge in [0.25, 0.3) is 5.69 Å². The summed E-state index contributed by atoms with van der Waals surface area (Å²) < 4.78 is 0. The smallest absolute Gasteiger partial charge is 0.258 e. The first-order valence-corrected chi connectivity index (χ1v) is 13.9. The van der Waals surface area contributed by atoms with Crippen LogP contribution in [0, 0.1) is 33.5 Å². The number of non-ortho nitro benzene ring substituents is 1. The molecule has 0 bridgehead atoms. The number of rotatable bonds is 4. The summed E-state index contributed by atoms with van der Waals surface area (Å²) in [4.78, 5) is 10.4. The molecule has 0 heterocycles. The molecule has 0 amide bonds. The van der Waals surface area contributed by atoms with E-state index in [0.29, 0.717) is 0 Å². The third kappa shape index (κ3) is 6.45. The second-order valence-electron chi connectivity index (χ2n) is 8.55. The minimum atomic E-state index is -2.23. The molecule has 5 heteroatoms. The second kappa shape index (κ2) is 13.0. The van der Waals surface area contributed by atoms with E-state index in [-0.39, 0.29) is 28.1 Å². The van der Waals surface area contributed by atoms with Crippen LogP contribution in [-0.2, 0) is 22.4 Å². The molecule has 0 atom stereocenters. The standard InChI is InChI=1S/C34H23NO2P.Au/c36-35(37)31-24-22-29(23-25-31)17-16-28-18-20-30(21-19-28)26-27-38(32-10-4-1-5-11-32,33-12-6-2-7-13-33)34-14-8-3-9-15-34;/h1-15,18-25H;/q+1;. The van der Waals surface area contributed by atoms with Crippen LogP contribution in [0.25, 0.3) is 0 Å². The minimum Gasteiger partial charge on any atom is -0.258 e. The van der Waals surface area contributed by atoms with Gasteiger partial charge in [0.1, 0.15) is 15.9 Å². The molecule has 3 nitrogen and oxygen atoms in total. The van der Waals surface area contributed by atoms with Gasteiger partial charge >= 0.3 is 0 Å². The molecule has 5 rings (SSSR count). The van der Waals surface area contributed by atoms with Gasteiger partial charge in [-0.3, -0.25) is 10.1 Å². The van der Waals surface area contributed by atoms with E-state index < -0.39 is 12.2 Å². The molecule has 191 valence electrons. The van der Waals surface area contributed by atoms with Crippen LogP contribution in [0.5, 0.6) is 0 Å². The zero-order valence-electron chi connectivity index (χ0n) is 20.8. The van der Waals surface area contributed by atoms with Crippen LogP contribution < -0.4 is 15.9 Å². The van der Waals surface area contributed by atoms with Crippen LogP contribution >= 0.6 is 7.26 Å². The Labute approximate surface area is 244 Å². The van der Waals surface area contributed by atoms with Crippen molar-refractivity contribution in [3.63, 3.8) is 0 Å². The molecule has 5 aromatic carbocycles. The molecular formula is C34H23AuNO2P+. The Morgan fingerprint density at radius 2 is 0.821 bits per heavy atom. The van der Waals surface area contributed by atoms with E-state index in [9.17, 15) is 10.1 Å². The Morgan fingerprint density at radius 3 is 1.18 bits per heavy atom. The Bertz CT molecular complexity index is 1570. The zero-order valence-corrected chi connectivity index (χ0v) is 23.9. The van der Waals surface area contributed by atoms with E-state index in [1.807, 2.05) is 42.5 Å². The van der Waals surface area contributed by atoms with E-state index in [4.69, 9.17) is 0 Å². The van der Waals surface area contributed by atoms with Crippen molar-refractivity contribution in [2.45, 2.75) is 0 Å². The van der Waals surface area contributed by atoms with E-state index in [1.54, 1.807) is 12.1 Å². The summed E-state index contributed by atoms with van der Waals surface area (Å²) in [5.74, 6) is 9.68. The maximum absolute atomic E-state index is 10.8. The Hall–Kier alpha value is -4.21. The number of nitrogens with zero attached hydrogens (tertiary/aromatic N) is 1. The number of nitro groups is 1. The first-order chi connectivity index (χ1) is 18.6. The third-order valence-corrected chi connectivity index (χ3v) is 9.78. The van der Waals surface area contributed by atoms with Crippen molar-refractivity contribution < 1.29 is 27.3 Å². The van der Waals surface area contributed by atoms with Crippen LogP contribution in [0.15, 0.2) is 140 Å². The van der Waals surface area contributed by atoms with E-state index >= 15 is 0 Å². The molecule has 39 heavy (non-hydrogen) atoms. The minimum absolute atomic E-state index is 0. The van der Waals surface area contributed by atoms with Gasteiger partial charge in [0.15, 0.2) is 7.26 Å². The average Bonchev–Trinajstić information content (AvgIpc) is 2.99. The molecular weight excluding hydrogens is 682 g/mol. The molecule has 0 aromatic heterocycles. The maximum atomic E-state index is 10.8. The van der Waals surface area contributed by atoms with Gasteiger partial charge in [-0.05, 0) is 78.7 Å².